The van der Waals surface area contributed by atoms with Crippen LogP contribution in [0.15, 0.2) is 34.8 Å². The third-order valence-electron chi connectivity index (χ3n) is 2.78. The summed E-state index contributed by atoms with van der Waals surface area (Å²) in [5.74, 6) is -0.229. The number of rotatable bonds is 3. The Morgan fingerprint density at radius 2 is 1.95 bits per heavy atom. The van der Waals surface area contributed by atoms with E-state index in [0.717, 1.165) is 10.2 Å². The fraction of sp³-hybridized carbons (Fsp3) is 0.333. The fourth-order valence-corrected chi connectivity index (χ4v) is 3.08. The van der Waals surface area contributed by atoms with Crippen molar-refractivity contribution in [3.8, 4) is 0 Å². The zero-order chi connectivity index (χ0) is 14.0. The Balaban J connectivity index is 2.06. The van der Waals surface area contributed by atoms with E-state index >= 15 is 0 Å². The third kappa shape index (κ3) is 3.80. The molecule has 102 valence electrons. The van der Waals surface area contributed by atoms with Gasteiger partial charge in [-0.3, -0.25) is 0 Å². The van der Waals surface area contributed by atoms with Gasteiger partial charge in [-0.15, -0.1) is 11.3 Å². The first-order valence-electron chi connectivity index (χ1n) is 6.14. The molecule has 2 rings (SSSR count). The molecule has 0 spiro atoms. The van der Waals surface area contributed by atoms with Crippen molar-refractivity contribution in [2.75, 3.05) is 5.32 Å². The SMILES string of the molecule is CC(C)(C)c1ccc(CNc2cc(F)ccc2Br)s1. The maximum atomic E-state index is 13.2. The molecular formula is C15H17BrFNS. The molecule has 1 aromatic carbocycles. The number of anilines is 1. The van der Waals surface area contributed by atoms with E-state index in [0.29, 0.717) is 6.54 Å². The smallest absolute Gasteiger partial charge is 0.125 e. The van der Waals surface area contributed by atoms with Crippen LogP contribution in [0.5, 0.6) is 0 Å². The summed E-state index contributed by atoms with van der Waals surface area (Å²) in [6.45, 7) is 7.33. The Hall–Kier alpha value is -0.870. The Labute approximate surface area is 126 Å². The van der Waals surface area contributed by atoms with Gasteiger partial charge in [-0.2, -0.15) is 0 Å². The minimum Gasteiger partial charge on any atom is -0.379 e. The van der Waals surface area contributed by atoms with Gasteiger partial charge in [0.15, 0.2) is 0 Å². The lowest BCUT2D eigenvalue weighted by molar-refractivity contribution is 0.604. The Kier molecular flexibility index (Phi) is 4.31. The van der Waals surface area contributed by atoms with Crippen LogP contribution in [0.25, 0.3) is 0 Å². The van der Waals surface area contributed by atoms with Crippen LogP contribution in [0, 0.1) is 5.82 Å². The van der Waals surface area contributed by atoms with Gasteiger partial charge in [0, 0.05) is 20.8 Å². The zero-order valence-corrected chi connectivity index (χ0v) is 13.7. The lowest BCUT2D eigenvalue weighted by Crippen LogP contribution is -2.07. The summed E-state index contributed by atoms with van der Waals surface area (Å²) in [5.41, 5.74) is 0.966. The van der Waals surface area contributed by atoms with Crippen LogP contribution in [0.4, 0.5) is 10.1 Å². The molecule has 0 aliphatic rings. The van der Waals surface area contributed by atoms with Crippen LogP contribution >= 0.6 is 27.3 Å². The molecule has 0 fully saturated rings. The minimum atomic E-state index is -0.229. The fourth-order valence-electron chi connectivity index (χ4n) is 1.69. The van der Waals surface area contributed by atoms with Crippen molar-refractivity contribution < 1.29 is 4.39 Å². The van der Waals surface area contributed by atoms with Gasteiger partial charge in [-0.1, -0.05) is 20.8 Å². The van der Waals surface area contributed by atoms with Crippen LogP contribution in [0.3, 0.4) is 0 Å². The Morgan fingerprint density at radius 1 is 1.21 bits per heavy atom. The molecule has 1 heterocycles. The first-order valence-corrected chi connectivity index (χ1v) is 7.75. The molecule has 19 heavy (non-hydrogen) atoms. The lowest BCUT2D eigenvalue weighted by Gasteiger charge is -2.15. The summed E-state index contributed by atoms with van der Waals surface area (Å²) in [4.78, 5) is 2.61. The monoisotopic (exact) mass is 341 g/mol. The molecule has 1 N–H and O–H groups in total. The highest BCUT2D eigenvalue weighted by molar-refractivity contribution is 9.10. The molecule has 0 atom stereocenters. The van der Waals surface area contributed by atoms with Crippen LogP contribution in [-0.4, -0.2) is 0 Å². The highest BCUT2D eigenvalue weighted by Gasteiger charge is 2.15. The van der Waals surface area contributed by atoms with Crippen molar-refractivity contribution in [2.24, 2.45) is 0 Å². The van der Waals surface area contributed by atoms with Crippen molar-refractivity contribution in [3.63, 3.8) is 0 Å². The second kappa shape index (κ2) is 5.63. The van der Waals surface area contributed by atoms with Gasteiger partial charge in [-0.25, -0.2) is 4.39 Å². The summed E-state index contributed by atoms with van der Waals surface area (Å²) >= 11 is 5.21. The second-order valence-corrected chi connectivity index (χ2v) is 7.52. The number of nitrogens with one attached hydrogen (secondary N) is 1. The van der Waals surface area contributed by atoms with E-state index < -0.39 is 0 Å². The number of halogens is 2. The van der Waals surface area contributed by atoms with E-state index in [9.17, 15) is 4.39 Å². The van der Waals surface area contributed by atoms with Crippen LogP contribution < -0.4 is 5.32 Å². The molecule has 0 bridgehead atoms. The van der Waals surface area contributed by atoms with Gasteiger partial charge in [0.2, 0.25) is 0 Å². The predicted molar refractivity (Wildman–Crippen MR) is 84.4 cm³/mol. The van der Waals surface area contributed by atoms with Gasteiger partial charge in [0.25, 0.3) is 0 Å². The molecule has 4 heteroatoms. The maximum absolute atomic E-state index is 13.2. The van der Waals surface area contributed by atoms with Gasteiger partial charge in [0.1, 0.15) is 5.82 Å². The quantitative estimate of drug-likeness (QED) is 0.770. The summed E-state index contributed by atoms with van der Waals surface area (Å²) in [6.07, 6.45) is 0. The Bertz CT molecular complexity index is 572. The van der Waals surface area contributed by atoms with Gasteiger partial charge < -0.3 is 5.32 Å². The van der Waals surface area contributed by atoms with E-state index in [1.807, 2.05) is 0 Å². The topological polar surface area (TPSA) is 12.0 Å². The van der Waals surface area contributed by atoms with Crippen LogP contribution in [0.1, 0.15) is 30.5 Å². The summed E-state index contributed by atoms with van der Waals surface area (Å²) in [5, 5.41) is 3.26. The van der Waals surface area contributed by atoms with E-state index in [4.69, 9.17) is 0 Å². The first kappa shape index (κ1) is 14.5. The summed E-state index contributed by atoms with van der Waals surface area (Å²) in [7, 11) is 0. The number of hydrogen-bond acceptors (Lipinski definition) is 2. The minimum absolute atomic E-state index is 0.183. The normalized spacial score (nSPS) is 11.6. The van der Waals surface area contributed by atoms with Crippen molar-refractivity contribution in [1.29, 1.82) is 0 Å². The molecule has 0 unspecified atom stereocenters. The molecule has 2 aromatic rings. The molecule has 0 saturated heterocycles. The Morgan fingerprint density at radius 3 is 2.58 bits per heavy atom. The molecule has 0 amide bonds. The number of thiophene rings is 1. The van der Waals surface area contributed by atoms with Crippen molar-refractivity contribution in [1.82, 2.24) is 0 Å². The molecule has 1 aromatic heterocycles. The van der Waals surface area contributed by atoms with E-state index in [1.54, 1.807) is 17.4 Å². The van der Waals surface area contributed by atoms with Crippen molar-refractivity contribution in [3.05, 3.63) is 50.4 Å². The standard InChI is InChI=1S/C15H17BrFNS/c1-15(2,3)14-7-5-11(19-14)9-18-13-8-10(17)4-6-12(13)16/h4-8,18H,9H2,1-3H3. The molecule has 1 nitrogen and oxygen atoms in total. The van der Waals surface area contributed by atoms with Crippen LogP contribution in [0.2, 0.25) is 0 Å². The van der Waals surface area contributed by atoms with E-state index in [2.05, 4.69) is 54.2 Å². The van der Waals surface area contributed by atoms with Gasteiger partial charge >= 0.3 is 0 Å². The van der Waals surface area contributed by atoms with E-state index in [1.165, 1.54) is 21.9 Å². The number of hydrogen-bond donors (Lipinski definition) is 1. The predicted octanol–water partition coefficient (Wildman–Crippen LogP) is 5.56. The highest BCUT2D eigenvalue weighted by atomic mass is 79.9. The lowest BCUT2D eigenvalue weighted by atomic mass is 9.95. The highest BCUT2D eigenvalue weighted by Crippen LogP contribution is 2.30. The first-order chi connectivity index (χ1) is 8.86. The third-order valence-corrected chi connectivity index (χ3v) is 4.98. The maximum Gasteiger partial charge on any atom is 0.125 e. The average molecular weight is 342 g/mol. The molecule has 0 aliphatic carbocycles. The van der Waals surface area contributed by atoms with Crippen molar-refractivity contribution in [2.45, 2.75) is 32.7 Å². The number of benzene rings is 1. The molecule has 0 saturated carbocycles. The molecule has 0 radical (unpaired) electrons. The molecule has 0 aliphatic heterocycles. The average Bonchev–Trinajstić information content (AvgIpc) is 2.79. The largest absolute Gasteiger partial charge is 0.379 e. The summed E-state index contributed by atoms with van der Waals surface area (Å²) < 4.78 is 14.1. The van der Waals surface area contributed by atoms with Gasteiger partial charge in [0.05, 0.1) is 5.69 Å². The van der Waals surface area contributed by atoms with Gasteiger partial charge in [-0.05, 0) is 51.7 Å². The summed E-state index contributed by atoms with van der Waals surface area (Å²) in [6, 6.07) is 8.96. The molecular weight excluding hydrogens is 325 g/mol. The second-order valence-electron chi connectivity index (χ2n) is 5.49. The van der Waals surface area contributed by atoms with Crippen molar-refractivity contribution >= 4 is 33.0 Å². The van der Waals surface area contributed by atoms with Crippen LogP contribution in [-0.2, 0) is 12.0 Å². The zero-order valence-electron chi connectivity index (χ0n) is 11.3. The van der Waals surface area contributed by atoms with E-state index in [-0.39, 0.29) is 11.2 Å².